The van der Waals surface area contributed by atoms with E-state index >= 15 is 0 Å². The summed E-state index contributed by atoms with van der Waals surface area (Å²) in [6.07, 6.45) is 8.43. The summed E-state index contributed by atoms with van der Waals surface area (Å²) in [5.74, 6) is -1.57. The largest absolute Gasteiger partial charge is 0.483 e. The van der Waals surface area contributed by atoms with E-state index in [1.807, 2.05) is 0 Å². The second kappa shape index (κ2) is 7.37. The Bertz CT molecular complexity index is 482. The lowest BCUT2D eigenvalue weighted by Gasteiger charge is -2.32. The predicted molar refractivity (Wildman–Crippen MR) is 85.9 cm³/mol. The zero-order valence-electron chi connectivity index (χ0n) is 14.1. The number of aliphatic carboxylic acids is 2. The van der Waals surface area contributed by atoms with Crippen molar-refractivity contribution in [3.05, 3.63) is 11.8 Å². The van der Waals surface area contributed by atoms with Gasteiger partial charge in [0.05, 0.1) is 5.92 Å². The Morgan fingerprint density at radius 2 is 1.87 bits per heavy atom. The number of carboxylic acid groups (broad SMARTS) is 2. The van der Waals surface area contributed by atoms with Crippen molar-refractivity contribution in [3.8, 4) is 0 Å². The zero-order chi connectivity index (χ0) is 17.0. The molecule has 5 nitrogen and oxygen atoms in total. The first-order valence-electron chi connectivity index (χ1n) is 8.72. The number of fused-ring (bicyclic) bond motifs is 1. The topological polar surface area (TPSA) is 87.1 Å². The van der Waals surface area contributed by atoms with Crippen molar-refractivity contribution in [2.75, 3.05) is 0 Å². The normalized spacial score (nSPS) is 28.7. The van der Waals surface area contributed by atoms with Crippen LogP contribution in [-0.2, 0) is 14.3 Å². The van der Waals surface area contributed by atoms with Gasteiger partial charge in [0, 0.05) is 6.42 Å². The van der Waals surface area contributed by atoms with Gasteiger partial charge in [-0.2, -0.15) is 0 Å². The molecule has 2 aliphatic rings. The number of carboxylic acids is 2. The minimum atomic E-state index is -1.30. The molecular weight excluding hydrogens is 296 g/mol. The molecule has 0 radical (unpaired) electrons. The predicted octanol–water partition coefficient (Wildman–Crippen LogP) is 3.83. The number of hydrogen-bond donors (Lipinski definition) is 2. The van der Waals surface area contributed by atoms with Crippen molar-refractivity contribution < 1.29 is 24.5 Å². The lowest BCUT2D eigenvalue weighted by Crippen LogP contribution is -2.43. The van der Waals surface area contributed by atoms with Crippen LogP contribution in [-0.4, -0.2) is 28.3 Å². The van der Waals surface area contributed by atoms with Crippen molar-refractivity contribution in [3.63, 3.8) is 0 Å². The molecule has 5 heteroatoms. The SMILES string of the molecule is CC(C)CCCCCCCC1(C(=O)O)C=C2OC2CC1C(=O)O. The maximum Gasteiger partial charge on any atom is 0.314 e. The van der Waals surface area contributed by atoms with Crippen molar-refractivity contribution in [1.29, 1.82) is 0 Å². The van der Waals surface area contributed by atoms with Crippen LogP contribution in [0.1, 0.15) is 65.2 Å². The van der Waals surface area contributed by atoms with E-state index in [0.717, 1.165) is 31.6 Å². The summed E-state index contributed by atoms with van der Waals surface area (Å²) in [4.78, 5) is 23.4. The summed E-state index contributed by atoms with van der Waals surface area (Å²) in [7, 11) is 0. The first-order valence-corrected chi connectivity index (χ1v) is 8.72. The molecular formula is C18H28O5. The fourth-order valence-electron chi connectivity index (χ4n) is 3.59. The van der Waals surface area contributed by atoms with Gasteiger partial charge in [-0.3, -0.25) is 9.59 Å². The molecule has 1 heterocycles. The molecule has 3 atom stereocenters. The van der Waals surface area contributed by atoms with Crippen LogP contribution in [0.25, 0.3) is 0 Å². The molecule has 0 bridgehead atoms. The molecule has 1 aliphatic heterocycles. The van der Waals surface area contributed by atoms with E-state index in [1.165, 1.54) is 12.8 Å². The highest BCUT2D eigenvalue weighted by molar-refractivity contribution is 5.86. The molecule has 0 aromatic heterocycles. The minimum absolute atomic E-state index is 0.167. The van der Waals surface area contributed by atoms with Gasteiger partial charge in [0.2, 0.25) is 0 Å². The number of carbonyl (C=O) groups is 2. The molecule has 0 saturated carbocycles. The second-order valence-electron chi connectivity index (χ2n) is 7.33. The van der Waals surface area contributed by atoms with Crippen LogP contribution >= 0.6 is 0 Å². The van der Waals surface area contributed by atoms with Gasteiger partial charge < -0.3 is 14.9 Å². The highest BCUT2D eigenvalue weighted by Crippen LogP contribution is 2.50. The monoisotopic (exact) mass is 324 g/mol. The van der Waals surface area contributed by atoms with Gasteiger partial charge in [-0.05, 0) is 18.4 Å². The van der Waals surface area contributed by atoms with Gasteiger partial charge >= 0.3 is 11.9 Å². The molecule has 0 aromatic carbocycles. The number of ether oxygens (including phenoxy) is 1. The lowest BCUT2D eigenvalue weighted by atomic mass is 9.67. The highest BCUT2D eigenvalue weighted by Gasteiger charge is 2.56. The minimum Gasteiger partial charge on any atom is -0.483 e. The van der Waals surface area contributed by atoms with E-state index in [0.29, 0.717) is 12.2 Å². The fraction of sp³-hybridized carbons (Fsp3) is 0.778. The number of rotatable bonds is 10. The fourth-order valence-corrected chi connectivity index (χ4v) is 3.59. The van der Waals surface area contributed by atoms with Gasteiger partial charge in [-0.25, -0.2) is 0 Å². The Morgan fingerprint density at radius 3 is 2.48 bits per heavy atom. The standard InChI is InChI=1S/C18H28O5/c1-12(2)8-6-4-3-5-7-9-18(17(21)22)11-15-14(23-15)10-13(18)16(19)20/h11-14H,3-10H2,1-2H3,(H,19,20)(H,21,22). The van der Waals surface area contributed by atoms with Gasteiger partial charge in [0.25, 0.3) is 0 Å². The van der Waals surface area contributed by atoms with Crippen LogP contribution in [0.3, 0.4) is 0 Å². The van der Waals surface area contributed by atoms with Crippen molar-refractivity contribution in [2.24, 2.45) is 17.3 Å². The third-order valence-corrected chi connectivity index (χ3v) is 5.08. The average molecular weight is 324 g/mol. The summed E-state index contributed by atoms with van der Waals surface area (Å²) in [6.45, 7) is 4.43. The van der Waals surface area contributed by atoms with Crippen molar-refractivity contribution in [1.82, 2.24) is 0 Å². The van der Waals surface area contributed by atoms with Gasteiger partial charge in [0.1, 0.15) is 11.2 Å². The van der Waals surface area contributed by atoms with E-state index in [1.54, 1.807) is 6.08 Å². The molecule has 2 N–H and O–H groups in total. The highest BCUT2D eigenvalue weighted by atomic mass is 16.6. The van der Waals surface area contributed by atoms with E-state index in [9.17, 15) is 19.8 Å². The number of unbranched alkanes of at least 4 members (excludes halogenated alkanes) is 4. The Hall–Kier alpha value is -1.52. The lowest BCUT2D eigenvalue weighted by molar-refractivity contribution is -0.160. The van der Waals surface area contributed by atoms with Crippen LogP contribution in [0.2, 0.25) is 0 Å². The van der Waals surface area contributed by atoms with Crippen molar-refractivity contribution >= 4 is 11.9 Å². The van der Waals surface area contributed by atoms with E-state index in [2.05, 4.69) is 13.8 Å². The van der Waals surface area contributed by atoms with Gasteiger partial charge in [-0.15, -0.1) is 0 Å². The molecule has 0 amide bonds. The molecule has 0 aromatic rings. The molecule has 1 fully saturated rings. The first kappa shape index (κ1) is 17.8. The summed E-state index contributed by atoms with van der Waals surface area (Å²) in [6, 6.07) is 0. The maximum atomic E-state index is 11.8. The molecule has 2 rings (SSSR count). The first-order chi connectivity index (χ1) is 10.9. The van der Waals surface area contributed by atoms with Crippen LogP contribution in [0.5, 0.6) is 0 Å². The van der Waals surface area contributed by atoms with Crippen molar-refractivity contribution in [2.45, 2.75) is 71.3 Å². The Labute approximate surface area is 137 Å². The third-order valence-electron chi connectivity index (χ3n) is 5.08. The molecule has 130 valence electrons. The third kappa shape index (κ3) is 4.27. The second-order valence-corrected chi connectivity index (χ2v) is 7.33. The smallest absolute Gasteiger partial charge is 0.314 e. The quantitative estimate of drug-likeness (QED) is 0.471. The summed E-state index contributed by atoms with van der Waals surface area (Å²) in [5.41, 5.74) is -1.30. The Morgan fingerprint density at radius 1 is 1.22 bits per heavy atom. The van der Waals surface area contributed by atoms with Crippen LogP contribution in [0.15, 0.2) is 11.8 Å². The zero-order valence-corrected chi connectivity index (χ0v) is 14.1. The molecule has 3 unspecified atom stereocenters. The van der Waals surface area contributed by atoms with Gasteiger partial charge in [-0.1, -0.05) is 52.4 Å². The summed E-state index contributed by atoms with van der Waals surface area (Å²) >= 11 is 0. The maximum absolute atomic E-state index is 11.8. The van der Waals surface area contributed by atoms with E-state index < -0.39 is 23.3 Å². The van der Waals surface area contributed by atoms with E-state index in [-0.39, 0.29) is 12.5 Å². The van der Waals surface area contributed by atoms with Gasteiger partial charge in [0.15, 0.2) is 6.10 Å². The van der Waals surface area contributed by atoms with Crippen LogP contribution < -0.4 is 0 Å². The van der Waals surface area contributed by atoms with Crippen LogP contribution in [0, 0.1) is 17.3 Å². The molecule has 1 saturated heterocycles. The Balaban J connectivity index is 1.87. The summed E-state index contributed by atoms with van der Waals surface area (Å²) < 4.78 is 5.28. The Kier molecular flexibility index (Phi) is 5.71. The molecule has 0 spiro atoms. The molecule has 1 aliphatic carbocycles. The number of hydrogen-bond acceptors (Lipinski definition) is 3. The molecule has 23 heavy (non-hydrogen) atoms. The number of epoxide rings is 1. The summed E-state index contributed by atoms with van der Waals surface area (Å²) in [5, 5.41) is 19.1. The average Bonchev–Trinajstić information content (AvgIpc) is 3.22. The van der Waals surface area contributed by atoms with Crippen LogP contribution in [0.4, 0.5) is 0 Å². The van der Waals surface area contributed by atoms with E-state index in [4.69, 9.17) is 4.74 Å².